The number of anilines is 1. The molecule has 1 aliphatic heterocycles. The van der Waals surface area contributed by atoms with Crippen LogP contribution in [0.25, 0.3) is 0 Å². The maximum atomic E-state index is 12.2. The molecule has 128 valence electrons. The zero-order chi connectivity index (χ0) is 17.4. The molecule has 8 heteroatoms. The van der Waals surface area contributed by atoms with Gasteiger partial charge in [-0.3, -0.25) is 24.1 Å². The maximum Gasteiger partial charge on any atom is 0.251 e. The first kappa shape index (κ1) is 16.6. The van der Waals surface area contributed by atoms with E-state index in [9.17, 15) is 19.2 Å². The molecule has 0 saturated carbocycles. The molecule has 7 nitrogen and oxygen atoms in total. The summed E-state index contributed by atoms with van der Waals surface area (Å²) in [4.78, 5) is 49.3. The molecule has 24 heavy (non-hydrogen) atoms. The lowest BCUT2D eigenvalue weighted by atomic mass is 9.88. The quantitative estimate of drug-likeness (QED) is 0.792. The van der Waals surface area contributed by atoms with E-state index in [-0.39, 0.29) is 31.2 Å². The number of amides is 4. The average Bonchev–Trinajstić information content (AvgIpc) is 3.00. The van der Waals surface area contributed by atoms with Crippen LogP contribution in [-0.2, 0) is 27.2 Å². The third-order valence-electron chi connectivity index (χ3n) is 4.47. The van der Waals surface area contributed by atoms with Crippen LogP contribution in [0.4, 0.5) is 5.00 Å². The first-order valence-electron chi connectivity index (χ1n) is 7.94. The smallest absolute Gasteiger partial charge is 0.251 e. The van der Waals surface area contributed by atoms with E-state index in [1.165, 1.54) is 11.3 Å². The van der Waals surface area contributed by atoms with Crippen LogP contribution in [0, 0.1) is 5.92 Å². The molecule has 1 saturated heterocycles. The third kappa shape index (κ3) is 3.06. The van der Waals surface area contributed by atoms with E-state index in [2.05, 4.69) is 12.2 Å². The number of carbonyl (C=O) groups is 4. The summed E-state index contributed by atoms with van der Waals surface area (Å²) in [5.74, 6) is -1.21. The molecule has 1 aromatic rings. The van der Waals surface area contributed by atoms with Crippen LogP contribution < -0.4 is 11.1 Å². The second-order valence-corrected chi connectivity index (χ2v) is 7.45. The Labute approximate surface area is 143 Å². The molecule has 1 atom stereocenters. The minimum atomic E-state index is -0.564. The molecule has 0 aromatic carbocycles. The van der Waals surface area contributed by atoms with Gasteiger partial charge in [-0.25, -0.2) is 0 Å². The zero-order valence-corrected chi connectivity index (χ0v) is 14.2. The molecule has 3 rings (SSSR count). The fraction of sp³-hybridized carbons (Fsp3) is 0.500. The summed E-state index contributed by atoms with van der Waals surface area (Å²) in [6, 6.07) is 0. The molecule has 1 aromatic heterocycles. The van der Waals surface area contributed by atoms with E-state index in [1.807, 2.05) is 0 Å². The topological polar surface area (TPSA) is 110 Å². The Hall–Kier alpha value is -2.22. The summed E-state index contributed by atoms with van der Waals surface area (Å²) in [6.45, 7) is 1.82. The molecular formula is C16H19N3O4S. The number of hydrogen-bond acceptors (Lipinski definition) is 5. The summed E-state index contributed by atoms with van der Waals surface area (Å²) in [6.07, 6.45) is 2.89. The van der Waals surface area contributed by atoms with Crippen molar-refractivity contribution in [3.8, 4) is 0 Å². The van der Waals surface area contributed by atoms with Crippen LogP contribution in [0.5, 0.6) is 0 Å². The number of thiophene rings is 1. The minimum absolute atomic E-state index is 0.143. The van der Waals surface area contributed by atoms with Crippen molar-refractivity contribution >= 4 is 40.0 Å². The largest absolute Gasteiger partial charge is 0.365 e. The Kier molecular flexibility index (Phi) is 4.40. The second kappa shape index (κ2) is 6.35. The minimum Gasteiger partial charge on any atom is -0.365 e. The number of fused-ring (bicyclic) bond motifs is 1. The highest BCUT2D eigenvalue weighted by atomic mass is 32.1. The molecule has 2 heterocycles. The summed E-state index contributed by atoms with van der Waals surface area (Å²) < 4.78 is 0. The zero-order valence-electron chi connectivity index (χ0n) is 13.4. The lowest BCUT2D eigenvalue weighted by molar-refractivity contribution is -0.141. The fourth-order valence-corrected chi connectivity index (χ4v) is 4.64. The predicted molar refractivity (Wildman–Crippen MR) is 88.6 cm³/mol. The molecule has 3 N–H and O–H groups in total. The number of likely N-dealkylation sites (tertiary alicyclic amines) is 1. The van der Waals surface area contributed by atoms with Gasteiger partial charge in [0.2, 0.25) is 17.7 Å². The van der Waals surface area contributed by atoms with Gasteiger partial charge in [-0.1, -0.05) is 6.92 Å². The normalized spacial score (nSPS) is 20.2. The summed E-state index contributed by atoms with van der Waals surface area (Å²) in [5, 5.41) is 3.09. The Morgan fingerprint density at radius 3 is 2.54 bits per heavy atom. The third-order valence-corrected chi connectivity index (χ3v) is 5.64. The van der Waals surface area contributed by atoms with E-state index in [4.69, 9.17) is 5.73 Å². The van der Waals surface area contributed by atoms with Gasteiger partial charge in [0.25, 0.3) is 5.91 Å². The Balaban J connectivity index is 1.79. The number of nitrogens with two attached hydrogens (primary N) is 1. The molecule has 0 unspecified atom stereocenters. The average molecular weight is 349 g/mol. The van der Waals surface area contributed by atoms with Crippen LogP contribution in [0.15, 0.2) is 0 Å². The van der Waals surface area contributed by atoms with Crippen molar-refractivity contribution in [3.05, 3.63) is 16.0 Å². The highest BCUT2D eigenvalue weighted by Gasteiger charge is 2.32. The van der Waals surface area contributed by atoms with Gasteiger partial charge < -0.3 is 11.1 Å². The Morgan fingerprint density at radius 2 is 1.92 bits per heavy atom. The lowest BCUT2D eigenvalue weighted by Gasteiger charge is -2.18. The standard InChI is InChI=1S/C16H19N3O4S/c1-8-2-3-9-10(6-8)24-16(14(9)15(17)23)18-11(20)7-19-12(21)4-5-13(19)22/h8H,2-7H2,1H3,(H2,17,23)(H,18,20)/t8-/m1/s1. The number of primary amides is 1. The second-order valence-electron chi connectivity index (χ2n) is 6.34. The Bertz CT molecular complexity index is 724. The summed E-state index contributed by atoms with van der Waals surface area (Å²) in [7, 11) is 0. The number of carbonyl (C=O) groups excluding carboxylic acids is 4. The molecule has 0 spiro atoms. The van der Waals surface area contributed by atoms with E-state index >= 15 is 0 Å². The molecule has 1 fully saturated rings. The highest BCUT2D eigenvalue weighted by Crippen LogP contribution is 2.39. The van der Waals surface area contributed by atoms with Crippen molar-refractivity contribution in [1.82, 2.24) is 4.90 Å². The van der Waals surface area contributed by atoms with Gasteiger partial charge in [-0.05, 0) is 30.7 Å². The van der Waals surface area contributed by atoms with Crippen LogP contribution in [0.2, 0.25) is 0 Å². The molecule has 2 aliphatic rings. The summed E-state index contributed by atoms with van der Waals surface area (Å²) >= 11 is 1.36. The number of imide groups is 1. The van der Waals surface area contributed by atoms with Crippen LogP contribution in [0.1, 0.15) is 47.0 Å². The predicted octanol–water partition coefficient (Wildman–Crippen LogP) is 1.06. The monoisotopic (exact) mass is 349 g/mol. The van der Waals surface area contributed by atoms with Gasteiger partial charge in [-0.2, -0.15) is 0 Å². The lowest BCUT2D eigenvalue weighted by Crippen LogP contribution is -2.37. The van der Waals surface area contributed by atoms with Crippen molar-refractivity contribution < 1.29 is 19.2 Å². The van der Waals surface area contributed by atoms with Crippen molar-refractivity contribution in [2.24, 2.45) is 11.7 Å². The van der Waals surface area contributed by atoms with E-state index in [0.717, 1.165) is 34.6 Å². The SMILES string of the molecule is C[C@@H]1CCc2c(sc(NC(=O)CN3C(=O)CCC3=O)c2C(N)=O)C1. The molecule has 1 aliphatic carbocycles. The van der Waals surface area contributed by atoms with Crippen LogP contribution >= 0.6 is 11.3 Å². The molecule has 0 radical (unpaired) electrons. The first-order chi connectivity index (χ1) is 11.4. The van der Waals surface area contributed by atoms with Gasteiger partial charge in [0.1, 0.15) is 11.5 Å². The van der Waals surface area contributed by atoms with Crippen molar-refractivity contribution in [2.45, 2.75) is 39.0 Å². The number of hydrogen-bond donors (Lipinski definition) is 2. The first-order valence-corrected chi connectivity index (χ1v) is 8.75. The molecule has 4 amide bonds. The van der Waals surface area contributed by atoms with Gasteiger partial charge in [-0.15, -0.1) is 11.3 Å². The number of nitrogens with zero attached hydrogens (tertiary/aromatic N) is 1. The number of rotatable bonds is 4. The van der Waals surface area contributed by atoms with Gasteiger partial charge >= 0.3 is 0 Å². The fourth-order valence-electron chi connectivity index (χ4n) is 3.21. The Morgan fingerprint density at radius 1 is 1.25 bits per heavy atom. The van der Waals surface area contributed by atoms with Gasteiger partial charge in [0.15, 0.2) is 0 Å². The highest BCUT2D eigenvalue weighted by molar-refractivity contribution is 7.17. The van der Waals surface area contributed by atoms with Gasteiger partial charge in [0, 0.05) is 17.7 Å². The van der Waals surface area contributed by atoms with Crippen molar-refractivity contribution in [3.63, 3.8) is 0 Å². The van der Waals surface area contributed by atoms with E-state index in [1.54, 1.807) is 0 Å². The van der Waals surface area contributed by atoms with Crippen LogP contribution in [0.3, 0.4) is 0 Å². The van der Waals surface area contributed by atoms with E-state index < -0.39 is 11.8 Å². The van der Waals surface area contributed by atoms with Crippen molar-refractivity contribution in [2.75, 3.05) is 11.9 Å². The van der Waals surface area contributed by atoms with Crippen molar-refractivity contribution in [1.29, 1.82) is 0 Å². The number of nitrogens with one attached hydrogen (secondary N) is 1. The van der Waals surface area contributed by atoms with Gasteiger partial charge in [0.05, 0.1) is 5.56 Å². The summed E-state index contributed by atoms with van der Waals surface area (Å²) in [5.41, 5.74) is 6.79. The van der Waals surface area contributed by atoms with Crippen LogP contribution in [-0.4, -0.2) is 35.1 Å². The maximum absolute atomic E-state index is 12.2. The van der Waals surface area contributed by atoms with E-state index in [0.29, 0.717) is 16.5 Å². The molecular weight excluding hydrogens is 330 g/mol. The molecule has 0 bridgehead atoms.